The minimum atomic E-state index is -5.89. The lowest BCUT2D eigenvalue weighted by Crippen LogP contribution is -2.59. The minimum Gasteiger partial charge on any atom is -0.360 e. The summed E-state index contributed by atoms with van der Waals surface area (Å²) < 4.78 is 66.5. The summed E-state index contributed by atoms with van der Waals surface area (Å²) in [6.07, 6.45) is -7.45. The van der Waals surface area contributed by atoms with Crippen LogP contribution in [0.1, 0.15) is 17.9 Å². The van der Waals surface area contributed by atoms with Gasteiger partial charge in [-0.05, 0) is 52.3 Å². The van der Waals surface area contributed by atoms with Crippen LogP contribution in [0.5, 0.6) is 0 Å². The largest absolute Gasteiger partial charge is 0.457 e. The highest BCUT2D eigenvalue weighted by atomic mass is 79.9. The molecule has 1 unspecified atom stereocenters. The molecule has 0 spiro atoms. The van der Waals surface area contributed by atoms with Crippen molar-refractivity contribution in [2.45, 2.75) is 25.7 Å². The molecule has 0 aliphatic rings. The van der Waals surface area contributed by atoms with Gasteiger partial charge in [0.15, 0.2) is 6.17 Å². The molecule has 0 saturated carbocycles. The fraction of sp³-hybridized carbons (Fsp3) is 0.250. The van der Waals surface area contributed by atoms with Gasteiger partial charge < -0.3 is 10.6 Å². The lowest BCUT2D eigenvalue weighted by Gasteiger charge is -2.30. The minimum absolute atomic E-state index is 0. The van der Waals surface area contributed by atoms with Crippen LogP contribution in [0.15, 0.2) is 47.1 Å². The Morgan fingerprint density at radius 3 is 2.15 bits per heavy atom. The van der Waals surface area contributed by atoms with E-state index in [-0.39, 0.29) is 23.8 Å². The molecular weight excluding hydrogens is 461 g/mol. The van der Waals surface area contributed by atoms with Crippen molar-refractivity contribution in [2.75, 3.05) is 5.32 Å². The molecule has 1 heterocycles. The number of anilines is 1. The third kappa shape index (κ3) is 5.77. The summed E-state index contributed by atoms with van der Waals surface area (Å²) in [4.78, 5) is 15.7. The van der Waals surface area contributed by atoms with Crippen molar-refractivity contribution in [1.29, 1.82) is 0 Å². The second-order valence-electron chi connectivity index (χ2n) is 5.04. The molecule has 148 valence electrons. The van der Waals surface area contributed by atoms with Crippen molar-refractivity contribution < 1.29 is 26.7 Å². The quantitative estimate of drug-likeness (QED) is 0.444. The SMILES string of the molecule is C.O=C(NC(Nc1ccc(Cl)cc1)C(F)(F)C(F)(F)F)c1ccc(Br)cn1. The molecule has 2 aromatic rings. The van der Waals surface area contributed by atoms with Crippen LogP contribution in [0, 0.1) is 0 Å². The van der Waals surface area contributed by atoms with Gasteiger partial charge in [0.2, 0.25) is 0 Å². The number of hydrogen-bond acceptors (Lipinski definition) is 3. The molecule has 27 heavy (non-hydrogen) atoms. The molecular formula is C16H14BrClF5N3O. The third-order valence-corrected chi connectivity index (χ3v) is 3.85. The maximum Gasteiger partial charge on any atom is 0.457 e. The topological polar surface area (TPSA) is 54.0 Å². The molecule has 2 rings (SSSR count). The molecule has 0 aliphatic heterocycles. The predicted molar refractivity (Wildman–Crippen MR) is 96.0 cm³/mol. The van der Waals surface area contributed by atoms with E-state index in [1.807, 2.05) is 5.32 Å². The molecule has 0 radical (unpaired) electrons. The van der Waals surface area contributed by atoms with E-state index in [1.54, 1.807) is 5.32 Å². The molecule has 11 heteroatoms. The summed E-state index contributed by atoms with van der Waals surface area (Å²) in [5, 5.41) is 3.86. The van der Waals surface area contributed by atoms with E-state index in [0.717, 1.165) is 0 Å². The maximum absolute atomic E-state index is 13.8. The van der Waals surface area contributed by atoms with E-state index in [9.17, 15) is 26.7 Å². The second kappa shape index (κ2) is 8.83. The van der Waals surface area contributed by atoms with Crippen LogP contribution >= 0.6 is 27.5 Å². The maximum atomic E-state index is 13.8. The highest BCUT2D eigenvalue weighted by Crippen LogP contribution is 2.38. The van der Waals surface area contributed by atoms with E-state index >= 15 is 0 Å². The van der Waals surface area contributed by atoms with Crippen LogP contribution in [0.3, 0.4) is 0 Å². The average Bonchev–Trinajstić information content (AvgIpc) is 2.55. The number of aromatic nitrogens is 1. The summed E-state index contributed by atoms with van der Waals surface area (Å²) in [7, 11) is 0. The number of carbonyl (C=O) groups is 1. The number of nitrogens with zero attached hydrogens (tertiary/aromatic N) is 1. The van der Waals surface area contributed by atoms with E-state index in [4.69, 9.17) is 11.6 Å². The smallest absolute Gasteiger partial charge is 0.360 e. The first kappa shape index (κ1) is 23.1. The van der Waals surface area contributed by atoms with Crippen molar-refractivity contribution >= 4 is 39.1 Å². The number of nitrogens with one attached hydrogen (secondary N) is 2. The van der Waals surface area contributed by atoms with Crippen LogP contribution in [0.2, 0.25) is 5.02 Å². The standard InChI is InChI=1S/C15H10BrClF5N3O.CH4/c16-8-1-6-11(23-7-8)12(26)25-13(14(18,19)15(20,21)22)24-10-4-2-9(17)3-5-10;/h1-7,13,24H,(H,25,26);1H4. The second-order valence-corrected chi connectivity index (χ2v) is 6.39. The first-order valence-electron chi connectivity index (χ1n) is 6.90. The van der Waals surface area contributed by atoms with Gasteiger partial charge in [-0.1, -0.05) is 19.0 Å². The normalized spacial score (nSPS) is 12.7. The lowest BCUT2D eigenvalue weighted by atomic mass is 10.2. The van der Waals surface area contributed by atoms with Crippen LogP contribution in [0.25, 0.3) is 0 Å². The Kier molecular flexibility index (Phi) is 7.56. The zero-order valence-corrected chi connectivity index (χ0v) is 15.0. The van der Waals surface area contributed by atoms with Gasteiger partial charge in [-0.25, -0.2) is 4.98 Å². The van der Waals surface area contributed by atoms with Crippen molar-refractivity contribution in [3.63, 3.8) is 0 Å². The predicted octanol–water partition coefficient (Wildman–Crippen LogP) is 5.50. The Bertz CT molecular complexity index is 769. The van der Waals surface area contributed by atoms with Crippen LogP contribution in [-0.2, 0) is 0 Å². The molecule has 0 saturated heterocycles. The van der Waals surface area contributed by atoms with Gasteiger partial charge in [-0.15, -0.1) is 0 Å². The number of alkyl halides is 5. The zero-order chi connectivity index (χ0) is 19.5. The molecule has 0 bridgehead atoms. The number of rotatable bonds is 5. The Hall–Kier alpha value is -1.94. The first-order valence-corrected chi connectivity index (χ1v) is 8.07. The molecule has 1 amide bonds. The van der Waals surface area contributed by atoms with Gasteiger partial charge >= 0.3 is 12.1 Å². The Balaban J connectivity index is 0.00000364. The van der Waals surface area contributed by atoms with E-state index in [1.165, 1.54) is 42.6 Å². The van der Waals surface area contributed by atoms with E-state index in [0.29, 0.717) is 4.47 Å². The van der Waals surface area contributed by atoms with Gasteiger partial charge in [0.25, 0.3) is 5.91 Å². The van der Waals surface area contributed by atoms with Crippen molar-refractivity contribution in [2.24, 2.45) is 0 Å². The summed E-state index contributed by atoms with van der Waals surface area (Å²) in [5.74, 6) is -6.45. The summed E-state index contributed by atoms with van der Waals surface area (Å²) in [6, 6.07) is 7.56. The average molecular weight is 475 g/mol. The summed E-state index contributed by atoms with van der Waals surface area (Å²) >= 11 is 8.72. The van der Waals surface area contributed by atoms with Gasteiger partial charge in [0, 0.05) is 21.4 Å². The molecule has 0 aliphatic carbocycles. The van der Waals surface area contributed by atoms with E-state index in [2.05, 4.69) is 20.9 Å². The number of hydrogen-bond donors (Lipinski definition) is 2. The third-order valence-electron chi connectivity index (χ3n) is 3.13. The molecule has 1 aromatic carbocycles. The van der Waals surface area contributed by atoms with Crippen LogP contribution in [0.4, 0.5) is 27.6 Å². The fourth-order valence-electron chi connectivity index (χ4n) is 1.81. The lowest BCUT2D eigenvalue weighted by molar-refractivity contribution is -0.289. The summed E-state index contributed by atoms with van der Waals surface area (Å²) in [6.45, 7) is 0. The van der Waals surface area contributed by atoms with Crippen molar-refractivity contribution in [3.8, 4) is 0 Å². The number of pyridine rings is 1. The summed E-state index contributed by atoms with van der Waals surface area (Å²) in [5.41, 5.74) is -0.415. The van der Waals surface area contributed by atoms with Gasteiger partial charge in [0.1, 0.15) is 5.69 Å². The molecule has 2 N–H and O–H groups in total. The Morgan fingerprint density at radius 2 is 1.67 bits per heavy atom. The number of amides is 1. The number of halogens is 7. The van der Waals surface area contributed by atoms with Crippen molar-refractivity contribution in [3.05, 3.63) is 57.8 Å². The number of carbonyl (C=O) groups excluding carboxylic acids is 1. The van der Waals surface area contributed by atoms with E-state index < -0.39 is 24.2 Å². The van der Waals surface area contributed by atoms with Crippen LogP contribution < -0.4 is 10.6 Å². The number of benzene rings is 1. The zero-order valence-electron chi connectivity index (χ0n) is 12.6. The van der Waals surface area contributed by atoms with Crippen molar-refractivity contribution in [1.82, 2.24) is 10.3 Å². The van der Waals surface area contributed by atoms with Crippen LogP contribution in [-0.4, -0.2) is 29.2 Å². The highest BCUT2D eigenvalue weighted by molar-refractivity contribution is 9.10. The highest BCUT2D eigenvalue weighted by Gasteiger charge is 2.63. The Labute approximate surface area is 165 Å². The van der Waals surface area contributed by atoms with Gasteiger partial charge in [-0.2, -0.15) is 22.0 Å². The molecule has 0 fully saturated rings. The Morgan fingerprint density at radius 1 is 1.07 bits per heavy atom. The molecule has 1 atom stereocenters. The fourth-order valence-corrected chi connectivity index (χ4v) is 2.17. The first-order chi connectivity index (χ1) is 12.0. The molecule has 4 nitrogen and oxygen atoms in total. The molecule has 1 aromatic heterocycles. The van der Waals surface area contributed by atoms with Gasteiger partial charge in [-0.3, -0.25) is 4.79 Å². The monoisotopic (exact) mass is 473 g/mol. The van der Waals surface area contributed by atoms with Gasteiger partial charge in [0.05, 0.1) is 0 Å².